The van der Waals surface area contributed by atoms with E-state index in [2.05, 4.69) is 43.0 Å². The fraction of sp³-hybridized carbons (Fsp3) is 0.359. The number of pyridine rings is 2. The van der Waals surface area contributed by atoms with Gasteiger partial charge in [0.1, 0.15) is 0 Å². The number of likely N-dealkylation sites (tertiary alicyclic amines) is 1. The lowest BCUT2D eigenvalue weighted by atomic mass is 9.85. The Bertz CT molecular complexity index is 1980. The number of carbonyl (C=O) groups excluding carboxylic acids is 2. The standard InChI is InChI=1S/C39H40N8O3/c1-26(2)50-34-9-6-29(22-43-34)36-32-20-31(7-4-28(32)21-44-36)47-19-13-39(38(47)49)12-18-45(25-39)24-35(48)46-16-10-27(11-17-46)33-8-5-30(23-42-33)37-40-14-3-15-41-37/h3-10,14-15,20,22-23,26H,11-13,16-19,21,24-25H2,1-2H3/t39-/m0/s1. The molecular weight excluding hydrogens is 628 g/mol. The quantitative estimate of drug-likeness (QED) is 0.263. The molecule has 0 bridgehead atoms. The number of fused-ring (bicyclic) bond motifs is 1. The van der Waals surface area contributed by atoms with Crippen LogP contribution in [0, 0.1) is 5.41 Å². The van der Waals surface area contributed by atoms with Gasteiger partial charge in [0, 0.05) is 79.4 Å². The van der Waals surface area contributed by atoms with Crippen LogP contribution in [-0.4, -0.2) is 92.6 Å². The van der Waals surface area contributed by atoms with Gasteiger partial charge in [-0.1, -0.05) is 12.1 Å². The Hall–Kier alpha value is -5.29. The van der Waals surface area contributed by atoms with Crippen LogP contribution in [-0.2, 0) is 16.1 Å². The topological polar surface area (TPSA) is 117 Å². The predicted molar refractivity (Wildman–Crippen MR) is 191 cm³/mol. The van der Waals surface area contributed by atoms with Gasteiger partial charge in [-0.3, -0.25) is 24.5 Å². The number of nitrogens with zero attached hydrogens (tertiary/aromatic N) is 8. The third-order valence-electron chi connectivity index (χ3n) is 10.2. The molecule has 0 aliphatic carbocycles. The van der Waals surface area contributed by atoms with Crippen molar-refractivity contribution >= 4 is 28.8 Å². The van der Waals surface area contributed by atoms with Crippen molar-refractivity contribution in [1.29, 1.82) is 0 Å². The second kappa shape index (κ2) is 13.2. The normalized spacial score (nSPS) is 20.4. The van der Waals surface area contributed by atoms with Crippen molar-refractivity contribution in [2.45, 2.75) is 45.8 Å². The van der Waals surface area contributed by atoms with E-state index in [9.17, 15) is 9.59 Å². The molecule has 0 radical (unpaired) electrons. The van der Waals surface area contributed by atoms with Gasteiger partial charge >= 0.3 is 0 Å². The number of rotatable bonds is 8. The molecule has 0 unspecified atom stereocenters. The van der Waals surface area contributed by atoms with Crippen molar-refractivity contribution in [3.8, 4) is 17.3 Å². The van der Waals surface area contributed by atoms with Gasteiger partial charge in [-0.25, -0.2) is 15.0 Å². The third-order valence-corrected chi connectivity index (χ3v) is 10.2. The van der Waals surface area contributed by atoms with Crippen LogP contribution in [0.1, 0.15) is 55.5 Å². The number of aromatic nitrogens is 4. The van der Waals surface area contributed by atoms with E-state index in [1.807, 2.05) is 54.0 Å². The van der Waals surface area contributed by atoms with Crippen molar-refractivity contribution in [3.63, 3.8) is 0 Å². The maximum Gasteiger partial charge on any atom is 0.237 e. The van der Waals surface area contributed by atoms with Crippen LogP contribution < -0.4 is 9.64 Å². The SMILES string of the molecule is CC(C)Oc1ccc(C2=NCc3ccc(N4CC[C@]5(CCN(CC(=O)N6CC=C(c7ccc(-c8ncccn8)cn7)CC6)C5)C4=O)cc32)cn1. The molecule has 3 aromatic heterocycles. The summed E-state index contributed by atoms with van der Waals surface area (Å²) in [5.74, 6) is 1.50. The minimum Gasteiger partial charge on any atom is -0.475 e. The Kier molecular flexibility index (Phi) is 8.44. The van der Waals surface area contributed by atoms with Crippen LogP contribution >= 0.6 is 0 Å². The maximum absolute atomic E-state index is 14.0. The number of benzene rings is 1. The summed E-state index contributed by atoms with van der Waals surface area (Å²) >= 11 is 0. The molecule has 11 nitrogen and oxygen atoms in total. The fourth-order valence-corrected chi connectivity index (χ4v) is 7.54. The number of hydrogen-bond donors (Lipinski definition) is 0. The molecule has 2 saturated heterocycles. The van der Waals surface area contributed by atoms with Crippen molar-refractivity contribution < 1.29 is 14.3 Å². The Morgan fingerprint density at radius 1 is 0.940 bits per heavy atom. The van der Waals surface area contributed by atoms with Crippen molar-refractivity contribution in [1.82, 2.24) is 29.7 Å². The highest BCUT2D eigenvalue weighted by Gasteiger charge is 2.51. The molecule has 1 atom stereocenters. The molecule has 50 heavy (non-hydrogen) atoms. The molecular formula is C39H40N8O3. The molecule has 254 valence electrons. The van der Waals surface area contributed by atoms with Crippen molar-refractivity contribution in [2.75, 3.05) is 44.2 Å². The third kappa shape index (κ3) is 6.17. The van der Waals surface area contributed by atoms with E-state index < -0.39 is 5.41 Å². The fourth-order valence-electron chi connectivity index (χ4n) is 7.54. The summed E-state index contributed by atoms with van der Waals surface area (Å²) in [6.45, 7) is 8.12. The summed E-state index contributed by atoms with van der Waals surface area (Å²) < 4.78 is 5.71. The average Bonchev–Trinajstić information content (AvgIpc) is 3.85. The first-order chi connectivity index (χ1) is 24.3. The maximum atomic E-state index is 14.0. The summed E-state index contributed by atoms with van der Waals surface area (Å²) in [6, 6.07) is 15.9. The number of aliphatic imine (C=N–C) groups is 1. The molecule has 1 spiro atoms. The van der Waals surface area contributed by atoms with Gasteiger partial charge in [0.15, 0.2) is 5.82 Å². The zero-order chi connectivity index (χ0) is 34.2. The molecule has 2 amide bonds. The lowest BCUT2D eigenvalue weighted by molar-refractivity contribution is -0.132. The predicted octanol–water partition coefficient (Wildman–Crippen LogP) is 4.82. The zero-order valence-electron chi connectivity index (χ0n) is 28.5. The van der Waals surface area contributed by atoms with E-state index in [0.29, 0.717) is 51.0 Å². The van der Waals surface area contributed by atoms with Gasteiger partial charge < -0.3 is 14.5 Å². The summed E-state index contributed by atoms with van der Waals surface area (Å²) in [6.07, 6.45) is 11.5. The number of amides is 2. The van der Waals surface area contributed by atoms with Crippen LogP contribution in [0.5, 0.6) is 5.88 Å². The lowest BCUT2D eigenvalue weighted by Gasteiger charge is -2.29. The van der Waals surface area contributed by atoms with Crippen LogP contribution in [0.3, 0.4) is 0 Å². The molecule has 1 aromatic carbocycles. The molecule has 4 aliphatic rings. The molecule has 0 N–H and O–H groups in total. The van der Waals surface area contributed by atoms with Crippen LogP contribution in [0.25, 0.3) is 17.0 Å². The molecule has 0 saturated carbocycles. The summed E-state index contributed by atoms with van der Waals surface area (Å²) in [4.78, 5) is 56.0. The first-order valence-corrected chi connectivity index (χ1v) is 17.4. The number of anilines is 1. The summed E-state index contributed by atoms with van der Waals surface area (Å²) in [5.41, 5.74) is 7.39. The second-order valence-electron chi connectivity index (χ2n) is 13.8. The monoisotopic (exact) mass is 668 g/mol. The molecule has 7 heterocycles. The lowest BCUT2D eigenvalue weighted by Crippen LogP contribution is -2.43. The molecule has 4 aliphatic heterocycles. The number of ether oxygens (including phenoxy) is 1. The zero-order valence-corrected chi connectivity index (χ0v) is 28.5. The Labute approximate surface area is 291 Å². The minimum atomic E-state index is -0.454. The van der Waals surface area contributed by atoms with Gasteiger partial charge in [-0.15, -0.1) is 0 Å². The minimum absolute atomic E-state index is 0.0559. The van der Waals surface area contributed by atoms with Gasteiger partial charge in [0.2, 0.25) is 17.7 Å². The largest absolute Gasteiger partial charge is 0.475 e. The van der Waals surface area contributed by atoms with Crippen LogP contribution in [0.15, 0.2) is 84.4 Å². The summed E-state index contributed by atoms with van der Waals surface area (Å²) in [5, 5.41) is 0. The number of hydrogen-bond acceptors (Lipinski definition) is 9. The highest BCUT2D eigenvalue weighted by molar-refractivity contribution is 6.16. The first kappa shape index (κ1) is 31.9. The highest BCUT2D eigenvalue weighted by atomic mass is 16.5. The number of carbonyl (C=O) groups is 2. The van der Waals surface area contributed by atoms with E-state index in [-0.39, 0.29) is 17.9 Å². The van der Waals surface area contributed by atoms with Crippen molar-refractivity contribution in [3.05, 3.63) is 102 Å². The van der Waals surface area contributed by atoms with Gasteiger partial charge in [-0.05, 0) is 87.2 Å². The first-order valence-electron chi connectivity index (χ1n) is 17.4. The second-order valence-corrected chi connectivity index (χ2v) is 13.8. The van der Waals surface area contributed by atoms with Gasteiger partial charge in [0.05, 0.1) is 36.0 Å². The smallest absolute Gasteiger partial charge is 0.237 e. The molecule has 2 fully saturated rings. The average molecular weight is 669 g/mol. The van der Waals surface area contributed by atoms with E-state index >= 15 is 0 Å². The van der Waals surface area contributed by atoms with E-state index in [4.69, 9.17) is 9.73 Å². The Morgan fingerprint density at radius 3 is 2.50 bits per heavy atom. The summed E-state index contributed by atoms with van der Waals surface area (Å²) in [7, 11) is 0. The van der Waals surface area contributed by atoms with Gasteiger partial charge in [-0.2, -0.15) is 0 Å². The van der Waals surface area contributed by atoms with Crippen LogP contribution in [0.2, 0.25) is 0 Å². The highest BCUT2D eigenvalue weighted by Crippen LogP contribution is 2.43. The molecule has 8 rings (SSSR count). The Balaban J connectivity index is 0.877. The van der Waals surface area contributed by atoms with E-state index in [1.165, 1.54) is 0 Å². The molecule has 4 aromatic rings. The van der Waals surface area contributed by atoms with E-state index in [1.54, 1.807) is 30.9 Å². The van der Waals surface area contributed by atoms with Gasteiger partial charge in [0.25, 0.3) is 0 Å². The van der Waals surface area contributed by atoms with Crippen molar-refractivity contribution in [2.24, 2.45) is 10.4 Å². The molecule has 11 heteroatoms. The van der Waals surface area contributed by atoms with E-state index in [0.717, 1.165) is 70.7 Å². The van der Waals surface area contributed by atoms with Crippen LogP contribution in [0.4, 0.5) is 5.69 Å². The Morgan fingerprint density at radius 2 is 1.76 bits per heavy atom.